The van der Waals surface area contributed by atoms with Gasteiger partial charge in [0.15, 0.2) is 0 Å². The average molecular weight is 408 g/mol. The van der Waals surface area contributed by atoms with E-state index in [2.05, 4.69) is 25.3 Å². The molecule has 0 aromatic carbocycles. The zero-order valence-electron chi connectivity index (χ0n) is 16.3. The van der Waals surface area contributed by atoms with E-state index in [0.717, 1.165) is 27.2 Å². The first-order valence-electron chi connectivity index (χ1n) is 9.18. The number of thiophene rings is 1. The molecule has 0 fully saturated rings. The number of carbonyl (C=O) groups is 1. The number of fused-ring (bicyclic) bond motifs is 1. The van der Waals surface area contributed by atoms with Gasteiger partial charge in [-0.05, 0) is 38.0 Å². The lowest BCUT2D eigenvalue weighted by molar-refractivity contribution is 0.0531. The van der Waals surface area contributed by atoms with Gasteiger partial charge in [0.2, 0.25) is 0 Å². The summed E-state index contributed by atoms with van der Waals surface area (Å²) in [6.45, 7) is 6.42. The van der Waals surface area contributed by atoms with Crippen molar-refractivity contribution in [2.75, 3.05) is 11.9 Å². The van der Waals surface area contributed by atoms with Gasteiger partial charge in [-0.1, -0.05) is 6.07 Å². The Morgan fingerprint density at radius 3 is 2.83 bits per heavy atom. The molecule has 8 nitrogen and oxygen atoms in total. The molecule has 29 heavy (non-hydrogen) atoms. The van der Waals surface area contributed by atoms with Crippen molar-refractivity contribution in [1.82, 2.24) is 24.5 Å². The highest BCUT2D eigenvalue weighted by molar-refractivity contribution is 7.20. The minimum absolute atomic E-state index is 0.323. The fraction of sp³-hybridized carbons (Fsp3) is 0.250. The number of aryl methyl sites for hydroxylation is 2. The third-order valence-corrected chi connectivity index (χ3v) is 5.57. The van der Waals surface area contributed by atoms with Crippen LogP contribution in [-0.4, -0.2) is 37.1 Å². The van der Waals surface area contributed by atoms with E-state index in [1.807, 2.05) is 42.9 Å². The van der Waals surface area contributed by atoms with Crippen molar-refractivity contribution in [3.05, 3.63) is 58.9 Å². The Bertz CT molecular complexity index is 1150. The molecule has 0 bridgehead atoms. The van der Waals surface area contributed by atoms with Gasteiger partial charge < -0.3 is 10.1 Å². The molecule has 0 amide bonds. The lowest BCUT2D eigenvalue weighted by atomic mass is 10.2. The molecule has 0 spiro atoms. The number of pyridine rings is 1. The lowest BCUT2D eigenvalue weighted by Gasteiger charge is -2.09. The number of carbonyl (C=O) groups excluding carboxylic acids is 1. The van der Waals surface area contributed by atoms with Crippen molar-refractivity contribution in [3.8, 4) is 5.82 Å². The molecular formula is C20H20N6O2S. The second-order valence-electron chi connectivity index (χ2n) is 6.42. The zero-order chi connectivity index (χ0) is 20.4. The molecule has 0 saturated carbocycles. The molecule has 0 saturated heterocycles. The number of esters is 1. The number of ether oxygens (including phenoxy) is 1. The Balaban J connectivity index is 1.59. The molecule has 0 aliphatic carbocycles. The van der Waals surface area contributed by atoms with Crippen LogP contribution in [0.15, 0.2) is 37.1 Å². The van der Waals surface area contributed by atoms with Crippen LogP contribution in [0, 0.1) is 13.8 Å². The summed E-state index contributed by atoms with van der Waals surface area (Å²) in [5.41, 5.74) is 1.84. The Labute approximate surface area is 171 Å². The maximum Gasteiger partial charge on any atom is 0.348 e. The van der Waals surface area contributed by atoms with E-state index in [1.54, 1.807) is 19.4 Å². The van der Waals surface area contributed by atoms with E-state index in [4.69, 9.17) is 4.74 Å². The van der Waals surface area contributed by atoms with Crippen molar-refractivity contribution < 1.29 is 9.53 Å². The second-order valence-corrected chi connectivity index (χ2v) is 7.42. The molecule has 0 radical (unpaired) electrons. The molecule has 148 valence electrons. The molecule has 0 unspecified atom stereocenters. The van der Waals surface area contributed by atoms with E-state index in [0.29, 0.717) is 29.7 Å². The van der Waals surface area contributed by atoms with E-state index in [9.17, 15) is 4.79 Å². The van der Waals surface area contributed by atoms with Gasteiger partial charge in [0.25, 0.3) is 0 Å². The maximum absolute atomic E-state index is 12.2. The highest BCUT2D eigenvalue weighted by atomic mass is 32.1. The molecule has 0 aliphatic heterocycles. The Hall–Kier alpha value is -3.33. The molecule has 4 aromatic heterocycles. The van der Waals surface area contributed by atoms with Crippen molar-refractivity contribution in [2.24, 2.45) is 0 Å². The van der Waals surface area contributed by atoms with Crippen LogP contribution in [0.5, 0.6) is 0 Å². The number of nitrogens with one attached hydrogen (secondary N) is 1. The first-order valence-corrected chi connectivity index (χ1v) is 10.0. The molecule has 4 aromatic rings. The number of rotatable bonds is 6. The number of nitrogens with zero attached hydrogens (tertiary/aromatic N) is 5. The van der Waals surface area contributed by atoms with Crippen molar-refractivity contribution >= 4 is 33.3 Å². The standard InChI is InChI=1S/C20H20N6O2S/c1-4-28-20(27)17-12(2)16-18(24-13(3)25-19(16)29-17)23-10-14-5-6-15(22-9-14)26-8-7-21-11-26/h5-9,11H,4,10H2,1-3H3,(H,23,24,25). The van der Waals surface area contributed by atoms with Gasteiger partial charge >= 0.3 is 5.97 Å². The van der Waals surface area contributed by atoms with Crippen LogP contribution in [0.4, 0.5) is 5.82 Å². The molecule has 0 aliphatic rings. The summed E-state index contributed by atoms with van der Waals surface area (Å²) in [5.74, 6) is 1.83. The highest BCUT2D eigenvalue weighted by Crippen LogP contribution is 2.34. The van der Waals surface area contributed by atoms with E-state index < -0.39 is 0 Å². The summed E-state index contributed by atoms with van der Waals surface area (Å²) >= 11 is 1.34. The summed E-state index contributed by atoms with van der Waals surface area (Å²) in [7, 11) is 0. The van der Waals surface area contributed by atoms with Crippen LogP contribution in [0.3, 0.4) is 0 Å². The van der Waals surface area contributed by atoms with Crippen molar-refractivity contribution in [1.29, 1.82) is 0 Å². The molecule has 0 atom stereocenters. The lowest BCUT2D eigenvalue weighted by Crippen LogP contribution is -2.06. The topological polar surface area (TPSA) is 94.8 Å². The summed E-state index contributed by atoms with van der Waals surface area (Å²) in [6, 6.07) is 3.94. The van der Waals surface area contributed by atoms with Gasteiger partial charge in [0.1, 0.15) is 33.5 Å². The SMILES string of the molecule is CCOC(=O)c1sc2nc(C)nc(NCc3ccc(-n4ccnc4)nc3)c2c1C. The Morgan fingerprint density at radius 2 is 2.14 bits per heavy atom. The van der Waals surface area contributed by atoms with Crippen LogP contribution in [0.25, 0.3) is 16.0 Å². The number of hydrogen-bond acceptors (Lipinski definition) is 8. The molecule has 4 heterocycles. The van der Waals surface area contributed by atoms with Crippen LogP contribution in [-0.2, 0) is 11.3 Å². The fourth-order valence-electron chi connectivity index (χ4n) is 3.02. The minimum Gasteiger partial charge on any atom is -0.462 e. The van der Waals surface area contributed by atoms with Gasteiger partial charge in [-0.2, -0.15) is 0 Å². The van der Waals surface area contributed by atoms with Gasteiger partial charge in [-0.25, -0.2) is 24.7 Å². The minimum atomic E-state index is -0.323. The zero-order valence-corrected chi connectivity index (χ0v) is 17.2. The third-order valence-electron chi connectivity index (χ3n) is 4.40. The van der Waals surface area contributed by atoms with Crippen LogP contribution < -0.4 is 5.32 Å². The van der Waals surface area contributed by atoms with E-state index in [-0.39, 0.29) is 5.97 Å². The maximum atomic E-state index is 12.2. The Kier molecular flexibility index (Phi) is 5.22. The number of imidazole rings is 1. The third kappa shape index (κ3) is 3.81. The average Bonchev–Trinajstić information content (AvgIpc) is 3.35. The van der Waals surface area contributed by atoms with Crippen molar-refractivity contribution in [2.45, 2.75) is 27.3 Å². The largest absolute Gasteiger partial charge is 0.462 e. The summed E-state index contributed by atoms with van der Waals surface area (Å²) in [5, 5.41) is 4.22. The normalized spacial score (nSPS) is 11.0. The Morgan fingerprint density at radius 1 is 1.28 bits per heavy atom. The number of anilines is 1. The van der Waals surface area contributed by atoms with Crippen LogP contribution >= 0.6 is 11.3 Å². The molecule has 9 heteroatoms. The monoisotopic (exact) mass is 408 g/mol. The second kappa shape index (κ2) is 7.96. The van der Waals surface area contributed by atoms with Gasteiger partial charge in [-0.3, -0.25) is 4.57 Å². The molecule has 4 rings (SSSR count). The number of hydrogen-bond donors (Lipinski definition) is 1. The highest BCUT2D eigenvalue weighted by Gasteiger charge is 2.20. The first kappa shape index (κ1) is 19.0. The van der Waals surface area contributed by atoms with Crippen LogP contribution in [0.2, 0.25) is 0 Å². The predicted molar refractivity (Wildman–Crippen MR) is 112 cm³/mol. The first-order chi connectivity index (χ1) is 14.1. The van der Waals surface area contributed by atoms with E-state index in [1.165, 1.54) is 11.3 Å². The van der Waals surface area contributed by atoms with Gasteiger partial charge in [-0.15, -0.1) is 11.3 Å². The van der Waals surface area contributed by atoms with Gasteiger partial charge in [0, 0.05) is 25.1 Å². The van der Waals surface area contributed by atoms with Gasteiger partial charge in [0.05, 0.1) is 12.0 Å². The fourth-order valence-corrected chi connectivity index (χ4v) is 4.14. The van der Waals surface area contributed by atoms with E-state index >= 15 is 0 Å². The summed E-state index contributed by atoms with van der Waals surface area (Å²) < 4.78 is 7.02. The smallest absolute Gasteiger partial charge is 0.348 e. The molecule has 1 N–H and O–H groups in total. The summed E-state index contributed by atoms with van der Waals surface area (Å²) in [6.07, 6.45) is 7.09. The van der Waals surface area contributed by atoms with Crippen LogP contribution in [0.1, 0.15) is 33.5 Å². The quantitative estimate of drug-likeness (QED) is 0.486. The number of aromatic nitrogens is 5. The summed E-state index contributed by atoms with van der Waals surface area (Å²) in [4.78, 5) is 31.1. The molecular weight excluding hydrogens is 388 g/mol. The predicted octanol–water partition coefficient (Wildman–Crippen LogP) is 3.68. The van der Waals surface area contributed by atoms with Crippen molar-refractivity contribution in [3.63, 3.8) is 0 Å².